The first-order chi connectivity index (χ1) is 13.7. The Labute approximate surface area is 170 Å². The monoisotopic (exact) mass is 399 g/mol. The Morgan fingerprint density at radius 3 is 2.55 bits per heavy atom. The Hall–Kier alpha value is -3.26. The number of carbonyl (C=O) groups is 1. The molecule has 1 heterocycles. The van der Waals surface area contributed by atoms with Crippen molar-refractivity contribution in [3.63, 3.8) is 0 Å². The summed E-state index contributed by atoms with van der Waals surface area (Å²) in [5, 5.41) is 23.6. The molecule has 8 heteroatoms. The second-order valence-electron chi connectivity index (χ2n) is 7.88. The third kappa shape index (κ3) is 6.69. The summed E-state index contributed by atoms with van der Waals surface area (Å²) in [4.78, 5) is 13.8. The fraction of sp³-hybridized carbons (Fsp3) is 0.476. The van der Waals surface area contributed by atoms with Gasteiger partial charge in [-0.05, 0) is 51.7 Å². The molecule has 0 radical (unpaired) electrons. The lowest BCUT2D eigenvalue weighted by molar-refractivity contribution is 0.0188. The highest BCUT2D eigenvalue weighted by atomic mass is 19.1. The molecule has 2 N–H and O–H groups in total. The minimum absolute atomic E-state index is 0.102. The van der Waals surface area contributed by atoms with E-state index in [1.54, 1.807) is 29.2 Å². The summed E-state index contributed by atoms with van der Waals surface area (Å²) < 4.78 is 19.7. The van der Waals surface area contributed by atoms with Crippen LogP contribution in [0.5, 0.6) is 0 Å². The van der Waals surface area contributed by atoms with E-state index in [0.29, 0.717) is 25.3 Å². The quantitative estimate of drug-likeness (QED) is 0.719. The van der Waals surface area contributed by atoms with Crippen LogP contribution in [0.4, 0.5) is 20.6 Å². The first-order valence-electron chi connectivity index (χ1n) is 9.50. The van der Waals surface area contributed by atoms with Gasteiger partial charge in [-0.3, -0.25) is 0 Å². The van der Waals surface area contributed by atoms with E-state index in [2.05, 4.69) is 10.6 Å². The number of ether oxygens (including phenoxy) is 1. The SMILES string of the molecule is CC(C)(C)OC(=O)N1CCC(CNc2c(F)cccc2NC=C(C#N)C#N)CC1. The van der Waals surface area contributed by atoms with Crippen LogP contribution in [0.25, 0.3) is 0 Å². The molecule has 0 bridgehead atoms. The largest absolute Gasteiger partial charge is 0.444 e. The number of likely N-dealkylation sites (tertiary alicyclic amines) is 1. The number of benzene rings is 1. The van der Waals surface area contributed by atoms with Gasteiger partial charge in [-0.25, -0.2) is 9.18 Å². The molecule has 1 aromatic carbocycles. The maximum absolute atomic E-state index is 14.3. The van der Waals surface area contributed by atoms with Crippen LogP contribution in [0.3, 0.4) is 0 Å². The lowest BCUT2D eigenvalue weighted by Crippen LogP contribution is -2.42. The Morgan fingerprint density at radius 1 is 1.31 bits per heavy atom. The van der Waals surface area contributed by atoms with Crippen molar-refractivity contribution in [2.24, 2.45) is 5.92 Å². The molecule has 7 nitrogen and oxygen atoms in total. The van der Waals surface area contributed by atoms with E-state index in [0.717, 1.165) is 12.8 Å². The fourth-order valence-electron chi connectivity index (χ4n) is 2.96. The van der Waals surface area contributed by atoms with Crippen LogP contribution in [-0.4, -0.2) is 36.2 Å². The number of para-hydroxylation sites is 1. The zero-order chi connectivity index (χ0) is 21.4. The zero-order valence-corrected chi connectivity index (χ0v) is 17.0. The van der Waals surface area contributed by atoms with Gasteiger partial charge in [-0.15, -0.1) is 0 Å². The van der Waals surface area contributed by atoms with Gasteiger partial charge >= 0.3 is 6.09 Å². The number of hydrogen-bond acceptors (Lipinski definition) is 6. The topological polar surface area (TPSA) is 101 Å². The van der Waals surface area contributed by atoms with Gasteiger partial charge in [0, 0.05) is 25.8 Å². The van der Waals surface area contributed by atoms with Gasteiger partial charge in [0.2, 0.25) is 0 Å². The van der Waals surface area contributed by atoms with Gasteiger partial charge in [-0.1, -0.05) is 6.07 Å². The molecule has 0 atom stereocenters. The number of hydrogen-bond donors (Lipinski definition) is 2. The molecule has 0 unspecified atom stereocenters. The number of halogens is 1. The molecule has 1 aliphatic heterocycles. The molecule has 29 heavy (non-hydrogen) atoms. The molecule has 0 aromatic heterocycles. The van der Waals surface area contributed by atoms with Crippen molar-refractivity contribution in [1.82, 2.24) is 4.90 Å². The lowest BCUT2D eigenvalue weighted by atomic mass is 9.97. The van der Waals surface area contributed by atoms with Gasteiger partial charge in [0.25, 0.3) is 0 Å². The molecule has 0 aliphatic carbocycles. The Bertz CT molecular complexity index is 824. The molecular formula is C21H26FN5O2. The molecule has 1 saturated heterocycles. The van der Waals surface area contributed by atoms with Crippen molar-refractivity contribution >= 4 is 17.5 Å². The molecule has 154 valence electrons. The average molecular weight is 399 g/mol. The third-order valence-electron chi connectivity index (χ3n) is 4.46. The predicted octanol–water partition coefficient (Wildman–Crippen LogP) is 4.23. The fourth-order valence-corrected chi connectivity index (χ4v) is 2.96. The number of piperidine rings is 1. The normalized spacial score (nSPS) is 14.3. The lowest BCUT2D eigenvalue weighted by Gasteiger charge is -2.33. The van der Waals surface area contributed by atoms with Crippen molar-refractivity contribution in [1.29, 1.82) is 10.5 Å². The molecule has 1 fully saturated rings. The maximum atomic E-state index is 14.3. The van der Waals surface area contributed by atoms with Gasteiger partial charge in [0.15, 0.2) is 0 Å². The minimum atomic E-state index is -0.519. The molecular weight excluding hydrogens is 373 g/mol. The number of anilines is 2. The van der Waals surface area contributed by atoms with Gasteiger partial charge < -0.3 is 20.3 Å². The molecule has 0 saturated carbocycles. The summed E-state index contributed by atoms with van der Waals surface area (Å²) in [7, 11) is 0. The Kier molecular flexibility index (Phi) is 7.44. The van der Waals surface area contributed by atoms with E-state index >= 15 is 0 Å². The standard InChI is InChI=1S/C21H26FN5O2/c1-21(2,3)29-20(28)27-9-7-15(8-10-27)13-26-19-17(22)5-4-6-18(19)25-14-16(11-23)12-24/h4-6,14-15,25-26H,7-10,13H2,1-3H3. The third-order valence-corrected chi connectivity index (χ3v) is 4.46. The van der Waals surface area contributed by atoms with E-state index in [4.69, 9.17) is 15.3 Å². The van der Waals surface area contributed by atoms with Crippen molar-refractivity contribution in [2.45, 2.75) is 39.2 Å². The van der Waals surface area contributed by atoms with Crippen LogP contribution in [0.15, 0.2) is 30.0 Å². The Morgan fingerprint density at radius 2 is 1.97 bits per heavy atom. The maximum Gasteiger partial charge on any atom is 0.410 e. The van der Waals surface area contributed by atoms with Crippen LogP contribution in [-0.2, 0) is 4.74 Å². The average Bonchev–Trinajstić information content (AvgIpc) is 2.67. The summed E-state index contributed by atoms with van der Waals surface area (Å²) in [6, 6.07) is 8.06. The van der Waals surface area contributed by atoms with Crippen LogP contribution < -0.4 is 10.6 Å². The second kappa shape index (κ2) is 9.79. The highest BCUT2D eigenvalue weighted by Crippen LogP contribution is 2.27. The molecule has 0 spiro atoms. The van der Waals surface area contributed by atoms with E-state index < -0.39 is 11.4 Å². The van der Waals surface area contributed by atoms with Crippen molar-refractivity contribution < 1.29 is 13.9 Å². The summed E-state index contributed by atoms with van der Waals surface area (Å²) in [5.74, 6) is -0.143. The summed E-state index contributed by atoms with van der Waals surface area (Å²) in [6.07, 6.45) is 2.52. The van der Waals surface area contributed by atoms with E-state index in [1.807, 2.05) is 20.8 Å². The minimum Gasteiger partial charge on any atom is -0.444 e. The van der Waals surface area contributed by atoms with Crippen molar-refractivity contribution in [3.8, 4) is 12.1 Å². The van der Waals surface area contributed by atoms with Crippen molar-refractivity contribution in [3.05, 3.63) is 35.8 Å². The van der Waals surface area contributed by atoms with Crippen LogP contribution in [0.2, 0.25) is 0 Å². The highest BCUT2D eigenvalue weighted by molar-refractivity contribution is 5.71. The van der Waals surface area contributed by atoms with Crippen molar-refractivity contribution in [2.75, 3.05) is 30.3 Å². The number of rotatable bonds is 5. The van der Waals surface area contributed by atoms with Crippen LogP contribution >= 0.6 is 0 Å². The van der Waals surface area contributed by atoms with Gasteiger partial charge in [0.1, 0.15) is 29.1 Å². The number of carbonyl (C=O) groups excluding carboxylic acids is 1. The van der Waals surface area contributed by atoms with E-state index in [-0.39, 0.29) is 23.3 Å². The number of amides is 1. The smallest absolute Gasteiger partial charge is 0.410 e. The number of allylic oxidation sites excluding steroid dienone is 1. The second-order valence-corrected chi connectivity index (χ2v) is 7.88. The summed E-state index contributed by atoms with van der Waals surface area (Å²) in [5.41, 5.74) is 0.109. The first-order valence-corrected chi connectivity index (χ1v) is 9.50. The highest BCUT2D eigenvalue weighted by Gasteiger charge is 2.27. The van der Waals surface area contributed by atoms with E-state index in [9.17, 15) is 9.18 Å². The molecule has 1 aliphatic rings. The van der Waals surface area contributed by atoms with E-state index in [1.165, 1.54) is 12.3 Å². The molecule has 2 rings (SSSR count). The predicted molar refractivity (Wildman–Crippen MR) is 108 cm³/mol. The van der Waals surface area contributed by atoms with Crippen LogP contribution in [0, 0.1) is 34.4 Å². The van der Waals surface area contributed by atoms with Crippen LogP contribution in [0.1, 0.15) is 33.6 Å². The summed E-state index contributed by atoms with van der Waals surface area (Å²) >= 11 is 0. The molecule has 1 aromatic rings. The Balaban J connectivity index is 1.93. The first kappa shape index (κ1) is 22.0. The molecule has 1 amide bonds. The van der Waals surface area contributed by atoms with Gasteiger partial charge in [0.05, 0.1) is 11.4 Å². The zero-order valence-electron chi connectivity index (χ0n) is 17.0. The number of nitrogens with zero attached hydrogens (tertiary/aromatic N) is 3. The van der Waals surface area contributed by atoms with Gasteiger partial charge in [-0.2, -0.15) is 10.5 Å². The number of nitriles is 2. The number of nitrogens with one attached hydrogen (secondary N) is 2. The summed E-state index contributed by atoms with van der Waals surface area (Å²) in [6.45, 7) is 7.26.